The van der Waals surface area contributed by atoms with Crippen LogP contribution in [0.2, 0.25) is 0 Å². The van der Waals surface area contributed by atoms with Gasteiger partial charge < -0.3 is 19.7 Å². The Morgan fingerprint density at radius 1 is 1.06 bits per heavy atom. The minimum Gasteiger partial charge on any atom is -0.497 e. The lowest BCUT2D eigenvalue weighted by molar-refractivity contribution is -0.129. The minimum absolute atomic E-state index is 0.0488. The number of carbonyl (C=O) groups excluding carboxylic acids is 3. The standard InChI is InChI=1S/C25H30N2O5S/c1-27(19-10-4-3-5-11-19)24(29)17-33-22-14-7-6-13-21(22)25(30)32-16-23(28)26-18-9-8-12-20(15-18)31-2/h6-9,12-15,19H,3-5,10-11,16-17H2,1-2H3,(H,26,28). The predicted molar refractivity (Wildman–Crippen MR) is 129 cm³/mol. The Bertz CT molecular complexity index is 975. The van der Waals surface area contributed by atoms with E-state index in [1.807, 2.05) is 18.0 Å². The largest absolute Gasteiger partial charge is 0.497 e. The second kappa shape index (κ2) is 12.3. The Balaban J connectivity index is 1.52. The monoisotopic (exact) mass is 470 g/mol. The van der Waals surface area contributed by atoms with Gasteiger partial charge in [0, 0.05) is 29.7 Å². The molecule has 1 aliphatic carbocycles. The molecule has 1 fully saturated rings. The number of benzene rings is 2. The van der Waals surface area contributed by atoms with Crippen molar-refractivity contribution in [1.82, 2.24) is 4.90 Å². The summed E-state index contributed by atoms with van der Waals surface area (Å²) < 4.78 is 10.3. The highest BCUT2D eigenvalue weighted by atomic mass is 32.2. The fourth-order valence-corrected chi connectivity index (χ4v) is 4.75. The zero-order chi connectivity index (χ0) is 23.6. The summed E-state index contributed by atoms with van der Waals surface area (Å²) in [6, 6.07) is 14.2. The Morgan fingerprint density at radius 3 is 2.58 bits per heavy atom. The Kier molecular flexibility index (Phi) is 9.18. The van der Waals surface area contributed by atoms with Crippen LogP contribution in [-0.4, -0.2) is 55.2 Å². The molecule has 3 rings (SSSR count). The summed E-state index contributed by atoms with van der Waals surface area (Å²) in [6.07, 6.45) is 5.66. The average Bonchev–Trinajstić information content (AvgIpc) is 2.86. The van der Waals surface area contributed by atoms with Gasteiger partial charge in [-0.05, 0) is 37.1 Å². The number of nitrogens with zero attached hydrogens (tertiary/aromatic N) is 1. The molecule has 1 N–H and O–H groups in total. The number of methoxy groups -OCH3 is 1. The van der Waals surface area contributed by atoms with Crippen molar-refractivity contribution in [1.29, 1.82) is 0 Å². The van der Waals surface area contributed by atoms with Crippen molar-refractivity contribution in [2.75, 3.05) is 31.8 Å². The summed E-state index contributed by atoms with van der Waals surface area (Å²) in [6.45, 7) is -0.418. The van der Waals surface area contributed by atoms with E-state index in [-0.39, 0.29) is 11.7 Å². The molecule has 7 nitrogen and oxygen atoms in total. The van der Waals surface area contributed by atoms with E-state index in [4.69, 9.17) is 9.47 Å². The Hall–Kier alpha value is -3.00. The lowest BCUT2D eigenvalue weighted by atomic mass is 9.94. The van der Waals surface area contributed by atoms with E-state index in [1.165, 1.54) is 18.2 Å². The van der Waals surface area contributed by atoms with Crippen LogP contribution in [0.25, 0.3) is 0 Å². The number of amides is 2. The number of rotatable bonds is 9. The number of nitrogens with one attached hydrogen (secondary N) is 1. The number of thioether (sulfide) groups is 1. The van der Waals surface area contributed by atoms with Crippen LogP contribution in [0.4, 0.5) is 5.69 Å². The zero-order valence-electron chi connectivity index (χ0n) is 19.0. The summed E-state index contributed by atoms with van der Waals surface area (Å²) in [5.74, 6) is -0.154. The number of hydrogen-bond donors (Lipinski definition) is 1. The van der Waals surface area contributed by atoms with Crippen molar-refractivity contribution in [2.24, 2.45) is 0 Å². The van der Waals surface area contributed by atoms with Gasteiger partial charge in [0.05, 0.1) is 18.4 Å². The molecule has 0 unspecified atom stereocenters. The molecule has 0 saturated heterocycles. The smallest absolute Gasteiger partial charge is 0.339 e. The molecule has 1 saturated carbocycles. The molecule has 0 radical (unpaired) electrons. The molecule has 0 spiro atoms. The van der Waals surface area contributed by atoms with Crippen LogP contribution in [0.15, 0.2) is 53.4 Å². The van der Waals surface area contributed by atoms with Crippen LogP contribution in [-0.2, 0) is 14.3 Å². The first-order valence-electron chi connectivity index (χ1n) is 11.1. The van der Waals surface area contributed by atoms with E-state index < -0.39 is 18.5 Å². The van der Waals surface area contributed by atoms with Gasteiger partial charge in [-0.2, -0.15) is 0 Å². The minimum atomic E-state index is -0.605. The van der Waals surface area contributed by atoms with Crippen LogP contribution in [0.3, 0.4) is 0 Å². The number of esters is 1. The lowest BCUT2D eigenvalue weighted by Crippen LogP contribution is -2.39. The van der Waals surface area contributed by atoms with Gasteiger partial charge in [-0.15, -0.1) is 11.8 Å². The maximum absolute atomic E-state index is 12.7. The van der Waals surface area contributed by atoms with Crippen LogP contribution in [0, 0.1) is 0 Å². The van der Waals surface area contributed by atoms with Gasteiger partial charge in [0.25, 0.3) is 5.91 Å². The van der Waals surface area contributed by atoms with Gasteiger partial charge in [-0.3, -0.25) is 9.59 Å². The van der Waals surface area contributed by atoms with Gasteiger partial charge in [-0.25, -0.2) is 4.79 Å². The highest BCUT2D eigenvalue weighted by Gasteiger charge is 2.23. The maximum Gasteiger partial charge on any atom is 0.339 e. The second-order valence-electron chi connectivity index (χ2n) is 7.94. The molecule has 0 atom stereocenters. The molecule has 176 valence electrons. The lowest BCUT2D eigenvalue weighted by Gasteiger charge is -2.31. The van der Waals surface area contributed by atoms with E-state index in [9.17, 15) is 14.4 Å². The normalized spacial score (nSPS) is 13.8. The molecule has 0 heterocycles. The molecule has 2 aromatic rings. The second-order valence-corrected chi connectivity index (χ2v) is 8.95. The number of hydrogen-bond acceptors (Lipinski definition) is 6. The Morgan fingerprint density at radius 2 is 1.82 bits per heavy atom. The molecular weight excluding hydrogens is 440 g/mol. The molecule has 8 heteroatoms. The molecular formula is C25H30N2O5S. The predicted octanol–water partition coefficient (Wildman–Crippen LogP) is 4.37. The van der Waals surface area contributed by atoms with Gasteiger partial charge in [0.2, 0.25) is 5.91 Å². The van der Waals surface area contributed by atoms with E-state index in [2.05, 4.69) is 5.32 Å². The molecule has 33 heavy (non-hydrogen) atoms. The fraction of sp³-hybridized carbons (Fsp3) is 0.400. The van der Waals surface area contributed by atoms with Gasteiger partial charge in [0.1, 0.15) is 5.75 Å². The topological polar surface area (TPSA) is 84.9 Å². The molecule has 2 amide bonds. The van der Waals surface area contributed by atoms with Crippen LogP contribution < -0.4 is 10.1 Å². The summed E-state index contributed by atoms with van der Waals surface area (Å²) in [5.41, 5.74) is 0.886. The molecule has 2 aromatic carbocycles. The fourth-order valence-electron chi connectivity index (χ4n) is 3.78. The van der Waals surface area contributed by atoms with E-state index in [0.717, 1.165) is 25.7 Å². The van der Waals surface area contributed by atoms with E-state index in [0.29, 0.717) is 27.9 Å². The number of ether oxygens (including phenoxy) is 2. The van der Waals surface area contributed by atoms with Crippen molar-refractivity contribution in [2.45, 2.75) is 43.0 Å². The van der Waals surface area contributed by atoms with Crippen LogP contribution in [0.1, 0.15) is 42.5 Å². The van der Waals surface area contributed by atoms with Crippen LogP contribution >= 0.6 is 11.8 Å². The molecule has 0 bridgehead atoms. The third kappa shape index (κ3) is 7.25. The van der Waals surface area contributed by atoms with E-state index in [1.54, 1.807) is 49.6 Å². The zero-order valence-corrected chi connectivity index (χ0v) is 19.9. The maximum atomic E-state index is 12.7. The summed E-state index contributed by atoms with van der Waals surface area (Å²) in [5, 5.41) is 2.67. The number of anilines is 1. The summed E-state index contributed by atoms with van der Waals surface area (Å²) in [7, 11) is 3.40. The molecule has 1 aliphatic rings. The third-order valence-corrected chi connectivity index (χ3v) is 6.72. The number of carbonyl (C=O) groups is 3. The molecule has 0 aromatic heterocycles. The van der Waals surface area contributed by atoms with Crippen LogP contribution in [0.5, 0.6) is 5.75 Å². The average molecular weight is 471 g/mol. The summed E-state index contributed by atoms with van der Waals surface area (Å²) in [4.78, 5) is 40.0. The molecule has 0 aliphatic heterocycles. The Labute approximate surface area is 198 Å². The van der Waals surface area contributed by atoms with Gasteiger partial charge >= 0.3 is 5.97 Å². The quantitative estimate of drug-likeness (QED) is 0.433. The van der Waals surface area contributed by atoms with E-state index >= 15 is 0 Å². The highest BCUT2D eigenvalue weighted by Crippen LogP contribution is 2.26. The van der Waals surface area contributed by atoms with Crippen molar-refractivity contribution in [3.05, 3.63) is 54.1 Å². The first-order valence-corrected chi connectivity index (χ1v) is 12.0. The van der Waals surface area contributed by atoms with Crippen molar-refractivity contribution < 1.29 is 23.9 Å². The summed E-state index contributed by atoms with van der Waals surface area (Å²) >= 11 is 1.31. The van der Waals surface area contributed by atoms with Crippen molar-refractivity contribution in [3.8, 4) is 5.75 Å². The van der Waals surface area contributed by atoms with Crippen molar-refractivity contribution >= 4 is 35.2 Å². The van der Waals surface area contributed by atoms with Gasteiger partial charge in [-0.1, -0.05) is 37.5 Å². The van der Waals surface area contributed by atoms with Gasteiger partial charge in [0.15, 0.2) is 6.61 Å². The van der Waals surface area contributed by atoms with Crippen molar-refractivity contribution in [3.63, 3.8) is 0 Å². The first-order chi connectivity index (χ1) is 16.0. The highest BCUT2D eigenvalue weighted by molar-refractivity contribution is 8.00. The first kappa shape index (κ1) is 24.6. The third-order valence-electron chi connectivity index (χ3n) is 5.66. The SMILES string of the molecule is COc1cccc(NC(=O)COC(=O)c2ccccc2SCC(=O)N(C)C2CCCCC2)c1.